The van der Waals surface area contributed by atoms with Crippen molar-refractivity contribution in [3.05, 3.63) is 18.2 Å². The van der Waals surface area contributed by atoms with E-state index in [-0.39, 0.29) is 18.7 Å². The maximum atomic E-state index is 11.7. The minimum atomic E-state index is -0.916. The molecule has 1 amide bonds. The van der Waals surface area contributed by atoms with Crippen molar-refractivity contribution in [3.63, 3.8) is 0 Å². The van der Waals surface area contributed by atoms with E-state index < -0.39 is 12.0 Å². The molecule has 6 heteroatoms. The number of aliphatic carboxylic acids is 1. The summed E-state index contributed by atoms with van der Waals surface area (Å²) in [5.74, 6) is -0.454. The monoisotopic (exact) mass is 250 g/mol. The van der Waals surface area contributed by atoms with Crippen LogP contribution in [0.3, 0.4) is 0 Å². The molecule has 0 aliphatic carbocycles. The van der Waals surface area contributed by atoms with Gasteiger partial charge in [0.05, 0.1) is 18.5 Å². The molecule has 0 aromatic heterocycles. The first-order chi connectivity index (χ1) is 8.60. The van der Waals surface area contributed by atoms with Crippen LogP contribution in [0, 0.1) is 0 Å². The molecule has 1 aromatic carbocycles. The maximum Gasteiger partial charge on any atom is 0.303 e. The number of methoxy groups -OCH3 is 1. The summed E-state index contributed by atoms with van der Waals surface area (Å²) in [6.45, 7) is 0. The molecule has 1 heterocycles. The molecular formula is C12H14N2O4. The predicted octanol–water partition coefficient (Wildman–Crippen LogP) is 1.29. The van der Waals surface area contributed by atoms with E-state index in [9.17, 15) is 9.59 Å². The molecule has 1 unspecified atom stereocenters. The summed E-state index contributed by atoms with van der Waals surface area (Å²) in [5.41, 5.74) is 1.41. The van der Waals surface area contributed by atoms with Gasteiger partial charge in [-0.1, -0.05) is 0 Å². The third-order valence-corrected chi connectivity index (χ3v) is 2.78. The highest BCUT2D eigenvalue weighted by Gasteiger charge is 2.25. The quantitative estimate of drug-likeness (QED) is 0.749. The molecule has 0 bridgehead atoms. The molecule has 2 rings (SSSR count). The molecule has 0 saturated carbocycles. The van der Waals surface area contributed by atoms with Gasteiger partial charge in [-0.25, -0.2) is 0 Å². The second kappa shape index (κ2) is 4.95. The maximum absolute atomic E-state index is 11.7. The van der Waals surface area contributed by atoms with Crippen LogP contribution >= 0.6 is 0 Å². The largest absolute Gasteiger partial charge is 0.497 e. The topological polar surface area (TPSA) is 87.7 Å². The summed E-state index contributed by atoms with van der Waals surface area (Å²) in [4.78, 5) is 22.2. The molecule has 18 heavy (non-hydrogen) atoms. The fourth-order valence-corrected chi connectivity index (χ4v) is 1.82. The first-order valence-corrected chi connectivity index (χ1v) is 5.57. The number of carboxylic acid groups (broad SMARTS) is 1. The number of anilines is 2. The van der Waals surface area contributed by atoms with Crippen molar-refractivity contribution < 1.29 is 19.4 Å². The number of carbonyl (C=O) groups excluding carboxylic acids is 1. The second-order valence-electron chi connectivity index (χ2n) is 4.03. The normalized spacial score (nSPS) is 17.4. The Labute approximate surface area is 104 Å². The van der Waals surface area contributed by atoms with Crippen LogP contribution in [0.5, 0.6) is 5.75 Å². The van der Waals surface area contributed by atoms with Crippen molar-refractivity contribution >= 4 is 23.3 Å². The van der Waals surface area contributed by atoms with Gasteiger partial charge < -0.3 is 20.5 Å². The van der Waals surface area contributed by atoms with Crippen LogP contribution in [0.2, 0.25) is 0 Å². The first-order valence-electron chi connectivity index (χ1n) is 5.57. The summed E-state index contributed by atoms with van der Waals surface area (Å²) >= 11 is 0. The van der Waals surface area contributed by atoms with Gasteiger partial charge in [-0.05, 0) is 18.6 Å². The van der Waals surface area contributed by atoms with E-state index in [0.717, 1.165) is 5.69 Å². The predicted molar refractivity (Wildman–Crippen MR) is 65.9 cm³/mol. The lowest BCUT2D eigenvalue weighted by molar-refractivity contribution is -0.137. The molecule has 1 aliphatic rings. The van der Waals surface area contributed by atoms with Crippen molar-refractivity contribution in [1.82, 2.24) is 0 Å². The lowest BCUT2D eigenvalue weighted by Crippen LogP contribution is -2.39. The molecule has 0 fully saturated rings. The molecule has 0 radical (unpaired) electrons. The molecule has 96 valence electrons. The zero-order valence-electron chi connectivity index (χ0n) is 9.90. The van der Waals surface area contributed by atoms with Crippen LogP contribution in [0.4, 0.5) is 11.4 Å². The molecule has 1 aliphatic heterocycles. The van der Waals surface area contributed by atoms with E-state index >= 15 is 0 Å². The number of hydrogen-bond donors (Lipinski definition) is 3. The number of benzene rings is 1. The minimum absolute atomic E-state index is 0.0512. The fraction of sp³-hybridized carbons (Fsp3) is 0.333. The Balaban J connectivity index is 2.14. The van der Waals surface area contributed by atoms with Crippen LogP contribution in [-0.4, -0.2) is 30.1 Å². The summed E-state index contributed by atoms with van der Waals surface area (Å²) < 4.78 is 5.09. The lowest BCUT2D eigenvalue weighted by Gasteiger charge is -2.26. The van der Waals surface area contributed by atoms with Crippen molar-refractivity contribution in [3.8, 4) is 5.75 Å². The number of amides is 1. The van der Waals surface area contributed by atoms with E-state index in [1.54, 1.807) is 25.3 Å². The van der Waals surface area contributed by atoms with Gasteiger partial charge in [-0.15, -0.1) is 0 Å². The van der Waals surface area contributed by atoms with Crippen molar-refractivity contribution in [1.29, 1.82) is 0 Å². The molecule has 1 aromatic rings. The Bertz CT molecular complexity index is 487. The minimum Gasteiger partial charge on any atom is -0.497 e. The zero-order valence-corrected chi connectivity index (χ0v) is 9.90. The number of ether oxygens (including phenoxy) is 1. The zero-order chi connectivity index (χ0) is 13.1. The summed E-state index contributed by atoms with van der Waals surface area (Å²) in [6.07, 6.45) is 0.197. The molecular weight excluding hydrogens is 236 g/mol. The Morgan fingerprint density at radius 2 is 2.22 bits per heavy atom. The van der Waals surface area contributed by atoms with Crippen molar-refractivity contribution in [2.45, 2.75) is 18.9 Å². The number of rotatable bonds is 4. The van der Waals surface area contributed by atoms with Gasteiger partial charge in [0.2, 0.25) is 5.91 Å². The number of nitrogens with one attached hydrogen (secondary N) is 2. The molecule has 1 atom stereocenters. The third kappa shape index (κ3) is 2.53. The van der Waals surface area contributed by atoms with Crippen molar-refractivity contribution in [2.75, 3.05) is 17.7 Å². The van der Waals surface area contributed by atoms with E-state index in [1.807, 2.05) is 0 Å². The highest BCUT2D eigenvalue weighted by Crippen LogP contribution is 2.31. The summed E-state index contributed by atoms with van der Waals surface area (Å²) in [6, 6.07) is 4.73. The van der Waals surface area contributed by atoms with Gasteiger partial charge in [0.1, 0.15) is 11.8 Å². The Morgan fingerprint density at radius 1 is 1.44 bits per heavy atom. The summed E-state index contributed by atoms with van der Waals surface area (Å²) in [7, 11) is 1.56. The Morgan fingerprint density at radius 3 is 2.89 bits per heavy atom. The number of fused-ring (bicyclic) bond motifs is 1. The van der Waals surface area contributed by atoms with Crippen LogP contribution in [0.25, 0.3) is 0 Å². The fourth-order valence-electron chi connectivity index (χ4n) is 1.82. The standard InChI is InChI=1S/C12H14N2O4/c1-18-7-2-3-8-10(6-7)13-9(12(17)14-8)4-5-11(15)16/h2-3,6,9,13H,4-5H2,1H3,(H,14,17)(H,15,16). The molecule has 6 nitrogen and oxygen atoms in total. The van der Waals surface area contributed by atoms with Crippen LogP contribution in [-0.2, 0) is 9.59 Å². The Hall–Kier alpha value is -2.24. The number of hydrogen-bond acceptors (Lipinski definition) is 4. The van der Waals surface area contributed by atoms with Gasteiger partial charge in [0, 0.05) is 12.5 Å². The van der Waals surface area contributed by atoms with Gasteiger partial charge in [0.15, 0.2) is 0 Å². The van der Waals surface area contributed by atoms with Crippen molar-refractivity contribution in [2.24, 2.45) is 0 Å². The average molecular weight is 250 g/mol. The molecule has 0 saturated heterocycles. The van der Waals surface area contributed by atoms with E-state index in [4.69, 9.17) is 9.84 Å². The number of carboxylic acids is 1. The lowest BCUT2D eigenvalue weighted by atomic mass is 10.1. The highest BCUT2D eigenvalue weighted by atomic mass is 16.5. The average Bonchev–Trinajstić information content (AvgIpc) is 2.35. The first kappa shape index (κ1) is 12.2. The van der Waals surface area contributed by atoms with Gasteiger partial charge in [0.25, 0.3) is 0 Å². The van der Waals surface area contributed by atoms with Gasteiger partial charge >= 0.3 is 5.97 Å². The third-order valence-electron chi connectivity index (χ3n) is 2.78. The van der Waals surface area contributed by atoms with Gasteiger partial charge in [-0.2, -0.15) is 0 Å². The smallest absolute Gasteiger partial charge is 0.303 e. The van der Waals surface area contributed by atoms with Crippen LogP contribution < -0.4 is 15.4 Å². The van der Waals surface area contributed by atoms with Crippen LogP contribution in [0.1, 0.15) is 12.8 Å². The second-order valence-corrected chi connectivity index (χ2v) is 4.03. The van der Waals surface area contributed by atoms with E-state index in [0.29, 0.717) is 11.4 Å². The molecule has 0 spiro atoms. The highest BCUT2D eigenvalue weighted by molar-refractivity contribution is 6.03. The van der Waals surface area contributed by atoms with E-state index in [1.165, 1.54) is 0 Å². The SMILES string of the molecule is COc1ccc2c(c1)NC(CCC(=O)O)C(=O)N2. The van der Waals surface area contributed by atoms with Gasteiger partial charge in [-0.3, -0.25) is 9.59 Å². The van der Waals surface area contributed by atoms with E-state index in [2.05, 4.69) is 10.6 Å². The number of carbonyl (C=O) groups is 2. The Kier molecular flexibility index (Phi) is 3.36. The van der Waals surface area contributed by atoms with Crippen LogP contribution in [0.15, 0.2) is 18.2 Å². The summed E-state index contributed by atoms with van der Waals surface area (Å²) in [5, 5.41) is 14.4. The molecule has 3 N–H and O–H groups in total.